The third-order valence-electron chi connectivity index (χ3n) is 3.63. The van der Waals surface area contributed by atoms with Crippen LogP contribution >= 0.6 is 24.8 Å². The van der Waals surface area contributed by atoms with Crippen LogP contribution in [0.5, 0.6) is 11.6 Å². The third kappa shape index (κ3) is 6.90. The summed E-state index contributed by atoms with van der Waals surface area (Å²) >= 11 is 0. The molecule has 0 aliphatic heterocycles. The Morgan fingerprint density at radius 1 is 1.24 bits per heavy atom. The standard InChI is InChI=1S/C18H23N3O2.2ClH/c1-12-6-4-8-16(14(12)3)23-18-15(7-5-11-20-18)21-17(22)10-9-13(2)19;;/h4-8,11,13H,9-10,19H2,1-3H3,(H,21,22);2*1H. The molecule has 1 aromatic heterocycles. The lowest BCUT2D eigenvalue weighted by molar-refractivity contribution is -0.116. The summed E-state index contributed by atoms with van der Waals surface area (Å²) in [4.78, 5) is 16.2. The van der Waals surface area contributed by atoms with Crippen LogP contribution < -0.4 is 15.8 Å². The van der Waals surface area contributed by atoms with Gasteiger partial charge in [0.2, 0.25) is 11.8 Å². The van der Waals surface area contributed by atoms with Gasteiger partial charge in [0, 0.05) is 18.7 Å². The molecule has 3 N–H and O–H groups in total. The van der Waals surface area contributed by atoms with Crippen LogP contribution in [0.4, 0.5) is 5.69 Å². The molecule has 1 heterocycles. The molecule has 0 saturated carbocycles. The number of benzene rings is 1. The third-order valence-corrected chi connectivity index (χ3v) is 3.63. The van der Waals surface area contributed by atoms with Crippen molar-refractivity contribution < 1.29 is 9.53 Å². The number of anilines is 1. The molecule has 1 atom stereocenters. The highest BCUT2D eigenvalue weighted by Crippen LogP contribution is 2.30. The van der Waals surface area contributed by atoms with E-state index in [0.29, 0.717) is 24.4 Å². The van der Waals surface area contributed by atoms with Crippen molar-refractivity contribution in [1.29, 1.82) is 0 Å². The van der Waals surface area contributed by atoms with Crippen LogP contribution in [0.25, 0.3) is 0 Å². The summed E-state index contributed by atoms with van der Waals surface area (Å²) in [5.41, 5.74) is 8.43. The van der Waals surface area contributed by atoms with Gasteiger partial charge in [-0.1, -0.05) is 12.1 Å². The second-order valence-electron chi connectivity index (χ2n) is 5.72. The number of hydrogen-bond acceptors (Lipinski definition) is 4. The van der Waals surface area contributed by atoms with E-state index < -0.39 is 0 Å². The van der Waals surface area contributed by atoms with Gasteiger partial charge in [0.15, 0.2) is 0 Å². The number of carbonyl (C=O) groups excluding carboxylic acids is 1. The smallest absolute Gasteiger partial charge is 0.243 e. The molecule has 2 rings (SSSR count). The van der Waals surface area contributed by atoms with Crippen molar-refractivity contribution in [3.8, 4) is 11.6 Å². The number of carbonyl (C=O) groups is 1. The van der Waals surface area contributed by atoms with Crippen molar-refractivity contribution in [3.63, 3.8) is 0 Å². The highest BCUT2D eigenvalue weighted by molar-refractivity contribution is 5.91. The summed E-state index contributed by atoms with van der Waals surface area (Å²) in [7, 11) is 0. The first-order valence-electron chi connectivity index (χ1n) is 7.72. The summed E-state index contributed by atoms with van der Waals surface area (Å²) < 4.78 is 5.90. The molecular weight excluding hydrogens is 361 g/mol. The van der Waals surface area contributed by atoms with E-state index in [-0.39, 0.29) is 36.8 Å². The number of aromatic nitrogens is 1. The van der Waals surface area contributed by atoms with Gasteiger partial charge in [-0.2, -0.15) is 0 Å². The van der Waals surface area contributed by atoms with Crippen LogP contribution in [-0.4, -0.2) is 16.9 Å². The molecule has 0 spiro atoms. The lowest BCUT2D eigenvalue weighted by atomic mass is 10.1. The fraction of sp³-hybridized carbons (Fsp3) is 0.333. The van der Waals surface area contributed by atoms with E-state index in [4.69, 9.17) is 10.5 Å². The Morgan fingerprint density at radius 3 is 2.64 bits per heavy atom. The first-order valence-corrected chi connectivity index (χ1v) is 7.72. The number of nitrogens with one attached hydrogen (secondary N) is 1. The number of halogens is 2. The Kier molecular flexibility index (Phi) is 10.1. The minimum Gasteiger partial charge on any atom is -0.437 e. The van der Waals surface area contributed by atoms with Gasteiger partial charge in [0.25, 0.3) is 0 Å². The van der Waals surface area contributed by atoms with Crippen LogP contribution in [0, 0.1) is 13.8 Å². The monoisotopic (exact) mass is 385 g/mol. The van der Waals surface area contributed by atoms with Crippen molar-refractivity contribution in [3.05, 3.63) is 47.7 Å². The zero-order valence-corrected chi connectivity index (χ0v) is 16.2. The fourth-order valence-corrected chi connectivity index (χ4v) is 2.08. The van der Waals surface area contributed by atoms with Gasteiger partial charge in [0.1, 0.15) is 11.4 Å². The molecule has 0 radical (unpaired) electrons. The number of amides is 1. The maximum absolute atomic E-state index is 12.0. The predicted molar refractivity (Wildman–Crippen MR) is 106 cm³/mol. The van der Waals surface area contributed by atoms with Crippen molar-refractivity contribution in [2.75, 3.05) is 5.32 Å². The molecule has 1 aromatic carbocycles. The fourth-order valence-electron chi connectivity index (χ4n) is 2.08. The number of rotatable bonds is 6. The van der Waals surface area contributed by atoms with Crippen LogP contribution in [-0.2, 0) is 4.79 Å². The first-order chi connectivity index (χ1) is 11.0. The number of hydrogen-bond donors (Lipinski definition) is 2. The summed E-state index contributed by atoms with van der Waals surface area (Å²) in [5, 5.41) is 2.84. The van der Waals surface area contributed by atoms with Crippen molar-refractivity contribution >= 4 is 36.4 Å². The Bertz CT molecular complexity index is 694. The van der Waals surface area contributed by atoms with Gasteiger partial charge in [-0.3, -0.25) is 4.79 Å². The molecule has 0 aliphatic rings. The highest BCUT2D eigenvalue weighted by Gasteiger charge is 2.12. The Labute approximate surface area is 161 Å². The van der Waals surface area contributed by atoms with E-state index >= 15 is 0 Å². The lowest BCUT2D eigenvalue weighted by Crippen LogP contribution is -2.19. The summed E-state index contributed by atoms with van der Waals surface area (Å²) in [6.07, 6.45) is 2.65. The second kappa shape index (κ2) is 10.9. The van der Waals surface area contributed by atoms with E-state index in [2.05, 4.69) is 10.3 Å². The largest absolute Gasteiger partial charge is 0.437 e. The molecule has 1 unspecified atom stereocenters. The van der Waals surface area contributed by atoms with Gasteiger partial charge in [-0.25, -0.2) is 4.98 Å². The minimum atomic E-state index is -0.0962. The van der Waals surface area contributed by atoms with E-state index in [9.17, 15) is 4.79 Å². The van der Waals surface area contributed by atoms with Crippen LogP contribution in [0.1, 0.15) is 30.9 Å². The highest BCUT2D eigenvalue weighted by atomic mass is 35.5. The quantitative estimate of drug-likeness (QED) is 0.772. The topological polar surface area (TPSA) is 77.2 Å². The number of ether oxygens (including phenoxy) is 1. The SMILES string of the molecule is Cc1cccc(Oc2ncccc2NC(=O)CCC(C)N)c1C.Cl.Cl. The summed E-state index contributed by atoms with van der Waals surface area (Å²) in [6.45, 7) is 5.90. The normalized spacial score (nSPS) is 10.9. The van der Waals surface area contributed by atoms with Crippen molar-refractivity contribution in [2.24, 2.45) is 5.73 Å². The molecule has 7 heteroatoms. The number of nitrogens with two attached hydrogens (primary N) is 1. The number of aryl methyl sites for hydroxylation is 1. The van der Waals surface area contributed by atoms with E-state index in [1.165, 1.54) is 0 Å². The average Bonchev–Trinajstić information content (AvgIpc) is 2.51. The Morgan fingerprint density at radius 2 is 1.96 bits per heavy atom. The Balaban J connectivity index is 0.00000288. The van der Waals surface area contributed by atoms with Gasteiger partial charge < -0.3 is 15.8 Å². The number of pyridine rings is 1. The van der Waals surface area contributed by atoms with Crippen molar-refractivity contribution in [1.82, 2.24) is 4.98 Å². The zero-order chi connectivity index (χ0) is 16.8. The van der Waals surface area contributed by atoms with E-state index in [1.807, 2.05) is 39.0 Å². The van der Waals surface area contributed by atoms with Gasteiger partial charge in [-0.05, 0) is 56.5 Å². The second-order valence-corrected chi connectivity index (χ2v) is 5.72. The lowest BCUT2D eigenvalue weighted by Gasteiger charge is -2.13. The molecule has 0 aliphatic carbocycles. The minimum absolute atomic E-state index is 0. The maximum atomic E-state index is 12.0. The molecule has 1 amide bonds. The van der Waals surface area contributed by atoms with Crippen LogP contribution in [0.15, 0.2) is 36.5 Å². The predicted octanol–water partition coefficient (Wildman–Crippen LogP) is 4.40. The van der Waals surface area contributed by atoms with Gasteiger partial charge in [0.05, 0.1) is 0 Å². The van der Waals surface area contributed by atoms with Gasteiger partial charge >= 0.3 is 0 Å². The van der Waals surface area contributed by atoms with Crippen molar-refractivity contribution in [2.45, 2.75) is 39.7 Å². The average molecular weight is 386 g/mol. The molecule has 0 fully saturated rings. The molecule has 0 bridgehead atoms. The Hall–Kier alpha value is -1.82. The molecule has 5 nitrogen and oxygen atoms in total. The first kappa shape index (κ1) is 23.2. The molecular formula is C18H25Cl2N3O2. The maximum Gasteiger partial charge on any atom is 0.243 e. The molecule has 2 aromatic rings. The summed E-state index contributed by atoms with van der Waals surface area (Å²) in [5.74, 6) is 1.02. The van der Waals surface area contributed by atoms with Crippen LogP contribution in [0.3, 0.4) is 0 Å². The number of nitrogens with zero attached hydrogens (tertiary/aromatic N) is 1. The molecule has 138 valence electrons. The van der Waals surface area contributed by atoms with Gasteiger partial charge in [-0.15, -0.1) is 24.8 Å². The van der Waals surface area contributed by atoms with E-state index in [1.54, 1.807) is 18.3 Å². The van der Waals surface area contributed by atoms with E-state index in [0.717, 1.165) is 16.9 Å². The molecule has 0 saturated heterocycles. The molecule has 25 heavy (non-hydrogen) atoms. The zero-order valence-electron chi connectivity index (χ0n) is 14.6. The van der Waals surface area contributed by atoms with Crippen LogP contribution in [0.2, 0.25) is 0 Å². The summed E-state index contributed by atoms with van der Waals surface area (Å²) in [6, 6.07) is 9.38.